The summed E-state index contributed by atoms with van der Waals surface area (Å²) in [5, 5.41) is 0.323. The van der Waals surface area contributed by atoms with E-state index in [1.54, 1.807) is 19.1 Å². The Bertz CT molecular complexity index is 1450. The van der Waals surface area contributed by atoms with Crippen LogP contribution in [0.4, 0.5) is 4.39 Å². The highest BCUT2D eigenvalue weighted by atomic mass is 35.5. The molecule has 218 valence electrons. The first-order valence-corrected chi connectivity index (χ1v) is 14.7. The number of carbonyl (C=O) groups is 1. The molecule has 8 nitrogen and oxygen atoms in total. The van der Waals surface area contributed by atoms with Crippen LogP contribution in [-0.2, 0) is 28.4 Å². The summed E-state index contributed by atoms with van der Waals surface area (Å²) >= 11 is 5.97. The SMILES string of the molecule is CCOC(=O)c1c(C)nc(CN2CCC(c3cccc4c3OC(C)(c3ccc(Cl)cc3F)O4)CC2)n1CC1CCO1. The highest BCUT2D eigenvalue weighted by Gasteiger charge is 2.43. The molecule has 3 aliphatic rings. The van der Waals surface area contributed by atoms with Gasteiger partial charge in [-0.2, -0.15) is 0 Å². The van der Waals surface area contributed by atoms with E-state index in [1.165, 1.54) is 6.07 Å². The van der Waals surface area contributed by atoms with E-state index in [2.05, 4.69) is 11.0 Å². The molecule has 6 rings (SSSR count). The number of piperidine rings is 1. The number of halogens is 2. The molecule has 3 aliphatic heterocycles. The van der Waals surface area contributed by atoms with Gasteiger partial charge in [-0.3, -0.25) is 4.90 Å². The fraction of sp³-hybridized carbons (Fsp3) is 0.484. The number of esters is 1. The van der Waals surface area contributed by atoms with E-state index in [9.17, 15) is 9.18 Å². The van der Waals surface area contributed by atoms with Gasteiger partial charge in [-0.25, -0.2) is 14.2 Å². The van der Waals surface area contributed by atoms with Crippen LogP contribution in [0.1, 0.15) is 72.2 Å². The molecule has 2 saturated heterocycles. The summed E-state index contributed by atoms with van der Waals surface area (Å²) in [6, 6.07) is 10.4. The molecular weight excluding hydrogens is 549 g/mol. The Morgan fingerprint density at radius 2 is 1.98 bits per heavy atom. The lowest BCUT2D eigenvalue weighted by molar-refractivity contribution is -0.0712. The lowest BCUT2D eigenvalue weighted by Gasteiger charge is -2.33. The second-order valence-electron chi connectivity index (χ2n) is 11.1. The van der Waals surface area contributed by atoms with Gasteiger partial charge < -0.3 is 23.5 Å². The minimum absolute atomic E-state index is 0.0932. The van der Waals surface area contributed by atoms with Crippen molar-refractivity contribution in [2.45, 2.75) is 70.9 Å². The van der Waals surface area contributed by atoms with E-state index >= 15 is 0 Å². The molecule has 2 unspecified atom stereocenters. The van der Waals surface area contributed by atoms with Crippen molar-refractivity contribution in [1.29, 1.82) is 0 Å². The molecule has 0 saturated carbocycles. The largest absolute Gasteiger partial charge is 0.461 e. The van der Waals surface area contributed by atoms with Crippen molar-refractivity contribution in [3.63, 3.8) is 0 Å². The monoisotopic (exact) mass is 583 g/mol. The number of aryl methyl sites for hydroxylation is 1. The zero-order valence-electron chi connectivity index (χ0n) is 23.6. The first kappa shape index (κ1) is 28.0. The van der Waals surface area contributed by atoms with E-state index in [0.717, 1.165) is 50.3 Å². The van der Waals surface area contributed by atoms with Crippen LogP contribution in [0, 0.1) is 12.7 Å². The van der Waals surface area contributed by atoms with Crippen LogP contribution >= 0.6 is 11.6 Å². The second-order valence-corrected chi connectivity index (χ2v) is 11.5. The minimum atomic E-state index is -1.27. The molecule has 41 heavy (non-hydrogen) atoms. The molecule has 0 spiro atoms. The smallest absolute Gasteiger partial charge is 0.356 e. The molecule has 0 N–H and O–H groups in total. The maximum atomic E-state index is 14.8. The van der Waals surface area contributed by atoms with Gasteiger partial charge in [-0.15, -0.1) is 0 Å². The maximum absolute atomic E-state index is 14.8. The molecule has 1 aromatic heterocycles. The van der Waals surface area contributed by atoms with Crippen LogP contribution in [0.5, 0.6) is 11.5 Å². The molecule has 0 bridgehead atoms. The van der Waals surface area contributed by atoms with Gasteiger partial charge in [0.25, 0.3) is 5.79 Å². The predicted octanol–water partition coefficient (Wildman–Crippen LogP) is 5.97. The van der Waals surface area contributed by atoms with Crippen LogP contribution in [-0.4, -0.2) is 52.8 Å². The van der Waals surface area contributed by atoms with Crippen LogP contribution in [0.15, 0.2) is 36.4 Å². The van der Waals surface area contributed by atoms with Gasteiger partial charge in [0.2, 0.25) is 0 Å². The zero-order chi connectivity index (χ0) is 28.7. The van der Waals surface area contributed by atoms with Gasteiger partial charge in [0.15, 0.2) is 17.2 Å². The van der Waals surface area contributed by atoms with Gasteiger partial charge in [0.05, 0.1) is 37.1 Å². The Balaban J connectivity index is 1.16. The van der Waals surface area contributed by atoms with Crippen LogP contribution in [0.25, 0.3) is 0 Å². The topological polar surface area (TPSA) is 75.0 Å². The minimum Gasteiger partial charge on any atom is -0.461 e. The summed E-state index contributed by atoms with van der Waals surface area (Å²) in [4.78, 5) is 19.9. The lowest BCUT2D eigenvalue weighted by Crippen LogP contribution is -2.36. The summed E-state index contributed by atoms with van der Waals surface area (Å²) in [7, 11) is 0. The molecule has 2 fully saturated rings. The molecule has 4 heterocycles. The zero-order valence-corrected chi connectivity index (χ0v) is 24.4. The maximum Gasteiger partial charge on any atom is 0.356 e. The lowest BCUT2D eigenvalue weighted by atomic mass is 9.88. The van der Waals surface area contributed by atoms with Crippen molar-refractivity contribution in [2.75, 3.05) is 26.3 Å². The summed E-state index contributed by atoms with van der Waals surface area (Å²) in [5.41, 5.74) is 2.58. The Labute approximate surface area is 244 Å². The Morgan fingerprint density at radius 3 is 2.66 bits per heavy atom. The van der Waals surface area contributed by atoms with Crippen molar-refractivity contribution < 1.29 is 28.1 Å². The first-order chi connectivity index (χ1) is 19.8. The van der Waals surface area contributed by atoms with Gasteiger partial charge in [0.1, 0.15) is 11.6 Å². The number of hydrogen-bond donors (Lipinski definition) is 0. The van der Waals surface area contributed by atoms with E-state index in [0.29, 0.717) is 53.2 Å². The average molecular weight is 584 g/mol. The summed E-state index contributed by atoms with van der Waals surface area (Å²) < 4.78 is 40.3. The van der Waals surface area contributed by atoms with Gasteiger partial charge in [-0.05, 0) is 76.4 Å². The van der Waals surface area contributed by atoms with Gasteiger partial charge >= 0.3 is 5.97 Å². The Kier molecular flexibility index (Phi) is 7.70. The number of carbonyl (C=O) groups excluding carboxylic acids is 1. The summed E-state index contributed by atoms with van der Waals surface area (Å²) in [6.45, 7) is 9.43. The molecule has 10 heteroatoms. The Morgan fingerprint density at radius 1 is 1.20 bits per heavy atom. The number of aromatic nitrogens is 2. The fourth-order valence-corrected chi connectivity index (χ4v) is 6.24. The van der Waals surface area contributed by atoms with E-state index in [-0.39, 0.29) is 18.0 Å². The number of nitrogens with zero attached hydrogens (tertiary/aromatic N) is 3. The number of ether oxygens (including phenoxy) is 4. The predicted molar refractivity (Wildman–Crippen MR) is 151 cm³/mol. The number of fused-ring (bicyclic) bond motifs is 1. The van der Waals surface area contributed by atoms with Crippen molar-refractivity contribution in [1.82, 2.24) is 14.5 Å². The molecule has 0 amide bonds. The molecule has 2 aromatic carbocycles. The van der Waals surface area contributed by atoms with Crippen molar-refractivity contribution in [3.8, 4) is 11.5 Å². The quantitative estimate of drug-likeness (QED) is 0.302. The standard InChI is InChI=1S/C31H35ClFN3O5/c1-4-38-30(37)28-19(2)34-27(36(28)17-22-12-15-39-22)18-35-13-10-20(11-14-35)23-6-5-7-26-29(23)41-31(3,40-26)24-9-8-21(32)16-25(24)33/h5-9,16,20,22H,4,10-15,17-18H2,1-3H3. The Hall–Kier alpha value is -3.14. The molecular formula is C31H35ClFN3O5. The highest BCUT2D eigenvalue weighted by Crippen LogP contribution is 2.49. The number of imidazole rings is 1. The van der Waals surface area contributed by atoms with E-state index < -0.39 is 11.6 Å². The number of benzene rings is 2. The number of para-hydroxylation sites is 1. The molecule has 0 radical (unpaired) electrons. The third-order valence-electron chi connectivity index (χ3n) is 8.29. The fourth-order valence-electron chi connectivity index (χ4n) is 6.08. The van der Waals surface area contributed by atoms with Crippen LogP contribution < -0.4 is 9.47 Å². The first-order valence-electron chi connectivity index (χ1n) is 14.3. The van der Waals surface area contributed by atoms with Crippen LogP contribution in [0.2, 0.25) is 5.02 Å². The normalized spacial score (nSPS) is 22.5. The van der Waals surface area contributed by atoms with Crippen molar-refractivity contribution in [3.05, 3.63) is 75.6 Å². The van der Waals surface area contributed by atoms with Gasteiger partial charge in [-0.1, -0.05) is 23.7 Å². The summed E-state index contributed by atoms with van der Waals surface area (Å²) in [5.74, 6) is 0.333. The van der Waals surface area contributed by atoms with Crippen LogP contribution in [0.3, 0.4) is 0 Å². The van der Waals surface area contributed by atoms with Crippen molar-refractivity contribution >= 4 is 17.6 Å². The summed E-state index contributed by atoms with van der Waals surface area (Å²) in [6.07, 6.45) is 2.90. The van der Waals surface area contributed by atoms with E-state index in [4.69, 9.17) is 35.5 Å². The van der Waals surface area contributed by atoms with Gasteiger partial charge in [0, 0.05) is 24.1 Å². The van der Waals surface area contributed by atoms with Crippen molar-refractivity contribution in [2.24, 2.45) is 0 Å². The average Bonchev–Trinajstić information content (AvgIpc) is 3.42. The number of likely N-dealkylation sites (tertiary alicyclic amines) is 1. The van der Waals surface area contributed by atoms with E-state index in [1.807, 2.05) is 30.5 Å². The third kappa shape index (κ3) is 5.43. The third-order valence-corrected chi connectivity index (χ3v) is 8.53. The number of hydrogen-bond acceptors (Lipinski definition) is 7. The molecule has 2 atom stereocenters. The molecule has 3 aromatic rings. The number of rotatable bonds is 8. The highest BCUT2D eigenvalue weighted by molar-refractivity contribution is 6.30. The second kappa shape index (κ2) is 11.3. The molecule has 0 aliphatic carbocycles.